The third kappa shape index (κ3) is 20.8. The Morgan fingerprint density at radius 1 is 0.720 bits per heavy atom. The zero-order valence-corrected chi connectivity index (χ0v) is 17.3. The molecule has 0 saturated heterocycles. The van der Waals surface area contributed by atoms with E-state index in [1.165, 1.54) is 16.7 Å². The van der Waals surface area contributed by atoms with Crippen LogP contribution in [0.1, 0.15) is 66.2 Å². The normalized spacial score (nSPS) is 12.6. The minimum absolute atomic E-state index is 0.110. The molecule has 0 unspecified atom stereocenters. The topological polar surface area (TPSA) is 49.7 Å². The van der Waals surface area contributed by atoms with Crippen molar-refractivity contribution in [2.24, 2.45) is 0 Å². The first-order valence-corrected chi connectivity index (χ1v) is 9.15. The molecule has 0 aliphatic carbocycles. The molecule has 0 saturated carbocycles. The molecule has 2 N–H and O–H groups in total. The number of aliphatic hydroxyl groups is 2. The van der Waals surface area contributed by atoms with Crippen LogP contribution in [-0.2, 0) is 4.74 Å². The van der Waals surface area contributed by atoms with Crippen LogP contribution in [0.2, 0.25) is 0 Å². The summed E-state index contributed by atoms with van der Waals surface area (Å²) in [6, 6.07) is 0. The van der Waals surface area contributed by atoms with Crippen molar-refractivity contribution in [3.8, 4) is 0 Å². The summed E-state index contributed by atoms with van der Waals surface area (Å²) in [5.41, 5.74) is 5.12. The largest absolute Gasteiger partial charge is 0.392 e. The summed E-state index contributed by atoms with van der Waals surface area (Å²) < 4.78 is 4.25. The van der Waals surface area contributed by atoms with E-state index in [4.69, 9.17) is 5.11 Å². The van der Waals surface area contributed by atoms with Crippen molar-refractivity contribution in [3.63, 3.8) is 0 Å². The smallest absolute Gasteiger partial charge is 0.0641 e. The van der Waals surface area contributed by atoms with E-state index in [-0.39, 0.29) is 13.2 Å². The summed E-state index contributed by atoms with van der Waals surface area (Å²) in [6.45, 7) is 8.74. The maximum absolute atomic E-state index is 9.41. The average molecular weight is 353 g/mol. The lowest BCUT2D eigenvalue weighted by molar-refractivity contribution is 0.277. The Kier molecular flexibility index (Phi) is 20.0. The Morgan fingerprint density at radius 3 is 1.68 bits per heavy atom. The number of aliphatic hydroxyl groups excluding tert-OH is 2. The predicted molar refractivity (Wildman–Crippen MR) is 110 cm³/mol. The first-order valence-electron chi connectivity index (χ1n) is 9.15. The van der Waals surface area contributed by atoms with Gasteiger partial charge in [-0.2, -0.15) is 0 Å². The number of methoxy groups -OCH3 is 1. The third-order valence-corrected chi connectivity index (χ3v) is 3.66. The fourth-order valence-corrected chi connectivity index (χ4v) is 2.20. The van der Waals surface area contributed by atoms with Crippen LogP contribution in [0.15, 0.2) is 46.6 Å². The number of rotatable bonds is 11. The highest BCUT2D eigenvalue weighted by atomic mass is 16.4. The summed E-state index contributed by atoms with van der Waals surface area (Å²) in [7, 11) is 3.25. The second-order valence-electron chi connectivity index (χ2n) is 6.61. The summed E-state index contributed by atoms with van der Waals surface area (Å²) in [5.74, 6) is 0. The Labute approximate surface area is 155 Å². The molecular formula is C22H40O3. The summed E-state index contributed by atoms with van der Waals surface area (Å²) in [6.07, 6.45) is 14.6. The van der Waals surface area contributed by atoms with Crippen LogP contribution in [0.5, 0.6) is 0 Å². The Morgan fingerprint density at radius 2 is 1.20 bits per heavy atom. The van der Waals surface area contributed by atoms with E-state index in [9.17, 15) is 5.11 Å². The highest BCUT2D eigenvalue weighted by Gasteiger charge is 1.96. The Hall–Kier alpha value is -1.16. The Bertz CT molecular complexity index is 425. The average Bonchev–Trinajstić information content (AvgIpc) is 2.54. The summed E-state index contributed by atoms with van der Waals surface area (Å²) >= 11 is 0. The van der Waals surface area contributed by atoms with E-state index < -0.39 is 0 Å². The van der Waals surface area contributed by atoms with Crippen LogP contribution in [0.25, 0.3) is 0 Å². The molecule has 0 heterocycles. The van der Waals surface area contributed by atoms with Crippen LogP contribution in [0.4, 0.5) is 0 Å². The van der Waals surface area contributed by atoms with Crippen molar-refractivity contribution in [1.29, 1.82) is 0 Å². The van der Waals surface area contributed by atoms with Crippen molar-refractivity contribution >= 4 is 0 Å². The van der Waals surface area contributed by atoms with Crippen LogP contribution in [0, 0.1) is 0 Å². The van der Waals surface area contributed by atoms with Gasteiger partial charge in [0.05, 0.1) is 13.2 Å². The van der Waals surface area contributed by atoms with Gasteiger partial charge in [0.1, 0.15) is 0 Å². The van der Waals surface area contributed by atoms with E-state index in [1.54, 1.807) is 14.2 Å². The van der Waals surface area contributed by atoms with E-state index in [0.29, 0.717) is 0 Å². The van der Waals surface area contributed by atoms with Gasteiger partial charge in [-0.15, -0.1) is 0 Å². The van der Waals surface area contributed by atoms with Crippen molar-refractivity contribution in [2.75, 3.05) is 27.4 Å². The fourth-order valence-electron chi connectivity index (χ4n) is 2.20. The lowest BCUT2D eigenvalue weighted by atomic mass is 10.0. The zero-order chi connectivity index (χ0) is 19.5. The molecule has 0 aromatic carbocycles. The molecule has 0 radical (unpaired) electrons. The number of hydrogen-bond acceptors (Lipinski definition) is 3. The van der Waals surface area contributed by atoms with Gasteiger partial charge < -0.3 is 14.9 Å². The van der Waals surface area contributed by atoms with Crippen LogP contribution in [0.3, 0.4) is 0 Å². The second kappa shape index (κ2) is 19.2. The Balaban J connectivity index is 0. The van der Waals surface area contributed by atoms with Crippen molar-refractivity contribution in [1.82, 2.24) is 0 Å². The highest BCUT2D eigenvalue weighted by Crippen LogP contribution is 2.13. The molecule has 3 heteroatoms. The molecule has 0 bridgehead atoms. The van der Waals surface area contributed by atoms with Crippen molar-refractivity contribution in [2.45, 2.75) is 66.2 Å². The van der Waals surface area contributed by atoms with Crippen LogP contribution < -0.4 is 0 Å². The maximum Gasteiger partial charge on any atom is 0.0641 e. The predicted octanol–water partition coefficient (Wildman–Crippen LogP) is 5.36. The first-order chi connectivity index (χ1) is 11.9. The summed E-state index contributed by atoms with van der Waals surface area (Å²) in [4.78, 5) is 0. The monoisotopic (exact) mass is 352 g/mol. The van der Waals surface area contributed by atoms with Crippen molar-refractivity contribution < 1.29 is 14.9 Å². The van der Waals surface area contributed by atoms with Gasteiger partial charge in [-0.25, -0.2) is 0 Å². The summed E-state index contributed by atoms with van der Waals surface area (Å²) in [5, 5.41) is 18.2. The standard InChI is InChI=1S/C20H34O2.C2H6O/c1-17(2)8-5-9-18(3)10-6-12-20(16-22)13-7-11-19(4)14-15-21;1-3-2/h8,10,13-14,21-22H,5-7,9,11-12,15-16H2,1-4H3;1-2H3. The van der Waals surface area contributed by atoms with Gasteiger partial charge in [-0.1, -0.05) is 41.0 Å². The van der Waals surface area contributed by atoms with Gasteiger partial charge in [-0.3, -0.25) is 0 Å². The minimum atomic E-state index is 0.110. The molecule has 0 atom stereocenters. The second-order valence-corrected chi connectivity index (χ2v) is 6.61. The fraction of sp³-hybridized carbons (Fsp3) is 0.636. The van der Waals surface area contributed by atoms with Gasteiger partial charge >= 0.3 is 0 Å². The van der Waals surface area contributed by atoms with Gasteiger partial charge in [0.15, 0.2) is 0 Å². The molecule has 0 aromatic rings. The molecule has 0 aliphatic heterocycles. The molecule has 25 heavy (non-hydrogen) atoms. The number of ether oxygens (including phenoxy) is 1. The molecule has 0 aromatic heterocycles. The molecule has 0 aliphatic rings. The third-order valence-electron chi connectivity index (χ3n) is 3.66. The highest BCUT2D eigenvalue weighted by molar-refractivity contribution is 5.08. The van der Waals surface area contributed by atoms with Crippen LogP contribution >= 0.6 is 0 Å². The molecule has 0 amide bonds. The van der Waals surface area contributed by atoms with E-state index in [0.717, 1.165) is 44.1 Å². The number of hydrogen-bond donors (Lipinski definition) is 2. The molecule has 3 nitrogen and oxygen atoms in total. The van der Waals surface area contributed by atoms with Crippen LogP contribution in [-0.4, -0.2) is 37.6 Å². The lowest BCUT2D eigenvalue weighted by Gasteiger charge is -2.04. The molecule has 0 rings (SSSR count). The minimum Gasteiger partial charge on any atom is -0.392 e. The number of allylic oxidation sites excluding steroid dienone is 6. The maximum atomic E-state index is 9.41. The molecule has 0 spiro atoms. The lowest BCUT2D eigenvalue weighted by Crippen LogP contribution is -1.91. The zero-order valence-electron chi connectivity index (χ0n) is 17.3. The first kappa shape index (κ1) is 26.1. The SMILES string of the molecule is CC(C)=CCCC(C)=CCCC(=CCCC(C)=CCO)CO.COC. The van der Waals surface area contributed by atoms with E-state index >= 15 is 0 Å². The quantitative estimate of drug-likeness (QED) is 0.492. The van der Waals surface area contributed by atoms with Crippen molar-refractivity contribution in [3.05, 3.63) is 46.6 Å². The van der Waals surface area contributed by atoms with E-state index in [2.05, 4.69) is 43.7 Å². The molecule has 146 valence electrons. The molecule has 0 fully saturated rings. The van der Waals surface area contributed by atoms with Gasteiger partial charge in [0.2, 0.25) is 0 Å². The molecular weight excluding hydrogens is 312 g/mol. The van der Waals surface area contributed by atoms with Gasteiger partial charge in [-0.05, 0) is 71.8 Å². The van der Waals surface area contributed by atoms with Gasteiger partial charge in [0, 0.05) is 14.2 Å². The van der Waals surface area contributed by atoms with E-state index in [1.807, 2.05) is 13.0 Å². The van der Waals surface area contributed by atoms with Gasteiger partial charge in [0.25, 0.3) is 0 Å².